The van der Waals surface area contributed by atoms with Gasteiger partial charge in [0.25, 0.3) is 5.91 Å². The standard InChI is InChI=1S/C20H27N5OS/c1-14-9-17(11-20(2,3)10-14)22-23-18(26)16-7-5-15(6-8-16)12-27-19-24-21-13-25(19)4/h5-8,13-14H,9-12H2,1-4H3,(H,23,26)/b22-17+/t14-/m1/s1. The van der Waals surface area contributed by atoms with E-state index >= 15 is 0 Å². The normalized spacial score (nSPS) is 20.6. The lowest BCUT2D eigenvalue weighted by Crippen LogP contribution is -2.30. The second-order valence-corrected chi connectivity index (χ2v) is 9.13. The molecule has 3 rings (SSSR count). The number of carbonyl (C=O) groups is 1. The van der Waals surface area contributed by atoms with E-state index in [0.717, 1.165) is 35.0 Å². The summed E-state index contributed by atoms with van der Waals surface area (Å²) >= 11 is 1.62. The molecule has 1 aromatic heterocycles. The van der Waals surface area contributed by atoms with Crippen molar-refractivity contribution in [1.82, 2.24) is 20.2 Å². The zero-order valence-corrected chi connectivity index (χ0v) is 17.2. The second-order valence-electron chi connectivity index (χ2n) is 8.18. The van der Waals surface area contributed by atoms with Gasteiger partial charge in [0, 0.05) is 24.1 Å². The number of nitrogens with one attached hydrogen (secondary N) is 1. The summed E-state index contributed by atoms with van der Waals surface area (Å²) in [5.41, 5.74) is 5.82. The van der Waals surface area contributed by atoms with Gasteiger partial charge in [-0.05, 0) is 48.3 Å². The molecule has 144 valence electrons. The SMILES string of the molecule is C[C@@H]1C/C(=N\NC(=O)c2ccc(CSc3nncn3C)cc2)CC(C)(C)C1. The summed E-state index contributed by atoms with van der Waals surface area (Å²) < 4.78 is 1.89. The first-order chi connectivity index (χ1) is 12.8. The number of rotatable bonds is 5. The van der Waals surface area contributed by atoms with Crippen LogP contribution in [0.3, 0.4) is 0 Å². The first-order valence-electron chi connectivity index (χ1n) is 9.24. The van der Waals surface area contributed by atoms with Crippen molar-refractivity contribution in [1.29, 1.82) is 0 Å². The van der Waals surface area contributed by atoms with Gasteiger partial charge >= 0.3 is 0 Å². The molecule has 0 radical (unpaired) electrons. The maximum absolute atomic E-state index is 12.4. The molecule has 6 nitrogen and oxygen atoms in total. The fourth-order valence-electron chi connectivity index (χ4n) is 3.70. The Hall–Kier alpha value is -2.15. The van der Waals surface area contributed by atoms with Gasteiger partial charge in [-0.2, -0.15) is 5.10 Å². The maximum atomic E-state index is 12.4. The van der Waals surface area contributed by atoms with Gasteiger partial charge in [-0.3, -0.25) is 4.79 Å². The average molecular weight is 386 g/mol. The van der Waals surface area contributed by atoms with Crippen molar-refractivity contribution in [2.75, 3.05) is 0 Å². The zero-order valence-electron chi connectivity index (χ0n) is 16.4. The average Bonchev–Trinajstić information content (AvgIpc) is 3.01. The van der Waals surface area contributed by atoms with E-state index in [2.05, 4.69) is 41.5 Å². The number of hydrazone groups is 1. The molecule has 1 aliphatic rings. The van der Waals surface area contributed by atoms with Crippen LogP contribution < -0.4 is 5.43 Å². The van der Waals surface area contributed by atoms with E-state index in [1.807, 2.05) is 35.9 Å². The van der Waals surface area contributed by atoms with Crippen LogP contribution in [0.1, 0.15) is 56.0 Å². The quantitative estimate of drug-likeness (QED) is 0.623. The highest BCUT2D eigenvalue weighted by Crippen LogP contribution is 2.36. The molecule has 0 spiro atoms. The number of hydrogen-bond donors (Lipinski definition) is 1. The summed E-state index contributed by atoms with van der Waals surface area (Å²) in [5.74, 6) is 1.23. The number of thioether (sulfide) groups is 1. The largest absolute Gasteiger partial charge is 0.312 e. The first kappa shape index (κ1) is 19.6. The summed E-state index contributed by atoms with van der Waals surface area (Å²) in [6.45, 7) is 6.77. The predicted molar refractivity (Wildman–Crippen MR) is 109 cm³/mol. The lowest BCUT2D eigenvalue weighted by molar-refractivity contribution is 0.0954. The zero-order chi connectivity index (χ0) is 19.4. The third-order valence-corrected chi connectivity index (χ3v) is 5.84. The molecule has 0 saturated heterocycles. The van der Waals surface area contributed by atoms with Gasteiger partial charge in [0.2, 0.25) is 0 Å². The molecule has 0 aliphatic heterocycles. The van der Waals surface area contributed by atoms with E-state index in [-0.39, 0.29) is 11.3 Å². The molecule has 1 aliphatic carbocycles. The van der Waals surface area contributed by atoms with Crippen molar-refractivity contribution in [2.45, 2.75) is 50.9 Å². The first-order valence-corrected chi connectivity index (χ1v) is 10.2. The van der Waals surface area contributed by atoms with Crippen molar-refractivity contribution in [3.63, 3.8) is 0 Å². The van der Waals surface area contributed by atoms with Crippen molar-refractivity contribution < 1.29 is 4.79 Å². The summed E-state index contributed by atoms with van der Waals surface area (Å²) in [6, 6.07) is 7.62. The highest BCUT2D eigenvalue weighted by molar-refractivity contribution is 7.98. The monoisotopic (exact) mass is 385 g/mol. The molecule has 1 amide bonds. The number of aryl methyl sites for hydroxylation is 1. The van der Waals surface area contributed by atoms with Crippen molar-refractivity contribution in [3.8, 4) is 0 Å². The molecule has 1 N–H and O–H groups in total. The predicted octanol–water partition coefficient (Wildman–Crippen LogP) is 4.04. The fraction of sp³-hybridized carbons (Fsp3) is 0.500. The molecule has 1 aromatic carbocycles. The van der Waals surface area contributed by atoms with Crippen LogP contribution in [0.15, 0.2) is 40.9 Å². The van der Waals surface area contributed by atoms with Gasteiger partial charge in [0.15, 0.2) is 5.16 Å². The maximum Gasteiger partial charge on any atom is 0.271 e. The highest BCUT2D eigenvalue weighted by Gasteiger charge is 2.29. The molecule has 1 saturated carbocycles. The van der Waals surface area contributed by atoms with Gasteiger partial charge in [-0.25, -0.2) is 5.43 Å². The van der Waals surface area contributed by atoms with Crippen LogP contribution >= 0.6 is 11.8 Å². The van der Waals surface area contributed by atoms with Gasteiger partial charge < -0.3 is 4.57 Å². The highest BCUT2D eigenvalue weighted by atomic mass is 32.2. The topological polar surface area (TPSA) is 72.2 Å². The number of aromatic nitrogens is 3. The van der Waals surface area contributed by atoms with Crippen LogP contribution in [0.4, 0.5) is 0 Å². The van der Waals surface area contributed by atoms with Crippen LogP contribution in [0.5, 0.6) is 0 Å². The number of carbonyl (C=O) groups excluding carboxylic acids is 1. The van der Waals surface area contributed by atoms with E-state index in [4.69, 9.17) is 0 Å². The van der Waals surface area contributed by atoms with E-state index < -0.39 is 0 Å². The third kappa shape index (κ3) is 5.42. The Bertz CT molecular complexity index is 825. The Labute approximate surface area is 164 Å². The van der Waals surface area contributed by atoms with Crippen molar-refractivity contribution in [2.24, 2.45) is 23.5 Å². The van der Waals surface area contributed by atoms with E-state index in [9.17, 15) is 4.79 Å². The molecule has 1 atom stereocenters. The molecule has 0 unspecified atom stereocenters. The van der Waals surface area contributed by atoms with Crippen LogP contribution in [-0.2, 0) is 12.8 Å². The van der Waals surface area contributed by atoms with E-state index in [1.54, 1.807) is 18.1 Å². The third-order valence-electron chi connectivity index (χ3n) is 4.74. The Morgan fingerprint density at radius 3 is 2.74 bits per heavy atom. The van der Waals surface area contributed by atoms with Gasteiger partial charge in [-0.15, -0.1) is 10.2 Å². The fourth-order valence-corrected chi connectivity index (χ4v) is 4.54. The summed E-state index contributed by atoms with van der Waals surface area (Å²) in [6.07, 6.45) is 4.79. The Morgan fingerprint density at radius 2 is 2.11 bits per heavy atom. The lowest BCUT2D eigenvalue weighted by atomic mass is 9.72. The van der Waals surface area contributed by atoms with Gasteiger partial charge in [0.1, 0.15) is 6.33 Å². The number of benzene rings is 1. The summed E-state index contributed by atoms with van der Waals surface area (Å²) in [7, 11) is 1.92. The number of hydrogen-bond acceptors (Lipinski definition) is 5. The molecule has 27 heavy (non-hydrogen) atoms. The number of amides is 1. The molecule has 2 aromatic rings. The van der Waals surface area contributed by atoms with Crippen LogP contribution in [0.25, 0.3) is 0 Å². The van der Waals surface area contributed by atoms with E-state index in [1.165, 1.54) is 6.42 Å². The second kappa shape index (κ2) is 8.25. The van der Waals surface area contributed by atoms with Gasteiger partial charge in [-0.1, -0.05) is 44.7 Å². The van der Waals surface area contributed by atoms with Crippen molar-refractivity contribution in [3.05, 3.63) is 41.7 Å². The molecule has 0 bridgehead atoms. The lowest BCUT2D eigenvalue weighted by Gasteiger charge is -2.34. The summed E-state index contributed by atoms with van der Waals surface area (Å²) in [5, 5.41) is 13.2. The smallest absolute Gasteiger partial charge is 0.271 e. The summed E-state index contributed by atoms with van der Waals surface area (Å²) in [4.78, 5) is 12.4. The molecule has 1 fully saturated rings. The Balaban J connectivity index is 1.56. The minimum absolute atomic E-state index is 0.161. The van der Waals surface area contributed by atoms with Crippen molar-refractivity contribution >= 4 is 23.4 Å². The molecular formula is C20H27N5OS. The molecule has 1 heterocycles. The minimum atomic E-state index is -0.161. The Morgan fingerprint density at radius 1 is 1.37 bits per heavy atom. The molecular weight excluding hydrogens is 358 g/mol. The minimum Gasteiger partial charge on any atom is -0.312 e. The molecule has 7 heteroatoms. The van der Waals surface area contributed by atoms with Gasteiger partial charge in [0.05, 0.1) is 0 Å². The number of nitrogens with zero attached hydrogens (tertiary/aromatic N) is 4. The van der Waals surface area contributed by atoms with Crippen LogP contribution in [-0.4, -0.2) is 26.4 Å². The van der Waals surface area contributed by atoms with E-state index in [0.29, 0.717) is 11.5 Å². The van der Waals surface area contributed by atoms with Crippen LogP contribution in [0, 0.1) is 11.3 Å². The van der Waals surface area contributed by atoms with Crippen LogP contribution in [0.2, 0.25) is 0 Å². The Kier molecular flexibility index (Phi) is 5.99.